The maximum Gasteiger partial charge on any atom is 0.282 e. The van der Waals surface area contributed by atoms with Gasteiger partial charge in [-0.25, -0.2) is 4.90 Å². The lowest BCUT2D eigenvalue weighted by molar-refractivity contribution is -0.120. The largest absolute Gasteiger partial charge is 0.491 e. The van der Waals surface area contributed by atoms with Gasteiger partial charge in [-0.1, -0.05) is 61.0 Å². The van der Waals surface area contributed by atoms with Crippen molar-refractivity contribution in [2.75, 3.05) is 23.0 Å². The summed E-state index contributed by atoms with van der Waals surface area (Å²) in [5.74, 6) is -0.206. The lowest BCUT2D eigenvalue weighted by atomic mass is 10.0. The lowest BCUT2D eigenvalue weighted by Crippen LogP contribution is -2.35. The zero-order chi connectivity index (χ0) is 22.9. The Morgan fingerprint density at radius 3 is 2.33 bits per heavy atom. The second-order valence-corrected chi connectivity index (χ2v) is 8.46. The number of imide groups is 1. The van der Waals surface area contributed by atoms with Crippen molar-refractivity contribution in [1.82, 2.24) is 0 Å². The average molecular weight is 459 g/mol. The van der Waals surface area contributed by atoms with Gasteiger partial charge < -0.3 is 9.64 Å². The van der Waals surface area contributed by atoms with Gasteiger partial charge in [-0.2, -0.15) is 0 Å². The second kappa shape index (κ2) is 8.75. The molecule has 2 aliphatic heterocycles. The van der Waals surface area contributed by atoms with Crippen molar-refractivity contribution in [3.63, 3.8) is 0 Å². The lowest BCUT2D eigenvalue weighted by Gasteiger charge is -2.22. The number of amides is 2. The average Bonchev–Trinajstić information content (AvgIpc) is 3.36. The molecule has 0 aromatic heterocycles. The molecular weight excluding hydrogens is 436 g/mol. The molecule has 0 aliphatic carbocycles. The summed E-state index contributed by atoms with van der Waals surface area (Å²) in [7, 11) is 0. The first-order chi connectivity index (χ1) is 16.1. The zero-order valence-electron chi connectivity index (χ0n) is 18.3. The fourth-order valence-electron chi connectivity index (χ4n) is 4.41. The molecule has 3 aromatic rings. The van der Waals surface area contributed by atoms with E-state index in [2.05, 4.69) is 6.07 Å². The van der Waals surface area contributed by atoms with Gasteiger partial charge in [0.05, 0.1) is 17.9 Å². The van der Waals surface area contributed by atoms with E-state index in [0.717, 1.165) is 24.1 Å². The Bertz CT molecular complexity index is 1270. The first-order valence-corrected chi connectivity index (χ1v) is 11.4. The number of para-hydroxylation sites is 3. The third-order valence-corrected chi connectivity index (χ3v) is 6.17. The van der Waals surface area contributed by atoms with E-state index in [0.29, 0.717) is 46.4 Å². The highest BCUT2D eigenvalue weighted by atomic mass is 35.5. The Labute approximate surface area is 197 Å². The molecule has 0 spiro atoms. The minimum absolute atomic E-state index is 0.353. The maximum absolute atomic E-state index is 13.9. The van der Waals surface area contributed by atoms with Gasteiger partial charge >= 0.3 is 0 Å². The molecule has 0 fully saturated rings. The van der Waals surface area contributed by atoms with Gasteiger partial charge in [-0.15, -0.1) is 0 Å². The third kappa shape index (κ3) is 3.68. The predicted molar refractivity (Wildman–Crippen MR) is 131 cm³/mol. The van der Waals surface area contributed by atoms with Crippen molar-refractivity contribution in [1.29, 1.82) is 0 Å². The molecule has 0 radical (unpaired) electrons. The monoisotopic (exact) mass is 458 g/mol. The number of hydrogen-bond acceptors (Lipinski definition) is 4. The predicted octanol–water partition coefficient (Wildman–Crippen LogP) is 5.48. The van der Waals surface area contributed by atoms with E-state index in [1.165, 1.54) is 4.90 Å². The van der Waals surface area contributed by atoms with Crippen LogP contribution < -0.4 is 14.5 Å². The summed E-state index contributed by atoms with van der Waals surface area (Å²) in [5, 5.41) is 0.569. The first-order valence-electron chi connectivity index (χ1n) is 11.1. The number of carbonyl (C=O) groups is 2. The minimum atomic E-state index is -0.366. The highest BCUT2D eigenvalue weighted by molar-refractivity contribution is 6.46. The molecule has 0 bridgehead atoms. The standard InChI is InChI=1S/C27H23ClN2O3/c1-2-17-33-23-10-6-5-9-22(23)30-26(31)24(19-11-13-20(28)14-12-19)25(27(30)32)29-16-15-18-7-3-4-8-21(18)29/h3-14H,2,15-17H2,1H3. The molecule has 0 unspecified atom stereocenters. The molecule has 2 amide bonds. The molecule has 166 valence electrons. The summed E-state index contributed by atoms with van der Waals surface area (Å²) < 4.78 is 5.87. The number of rotatable bonds is 6. The smallest absolute Gasteiger partial charge is 0.282 e. The van der Waals surface area contributed by atoms with Crippen LogP contribution in [0.25, 0.3) is 5.57 Å². The van der Waals surface area contributed by atoms with E-state index < -0.39 is 0 Å². The van der Waals surface area contributed by atoms with Crippen molar-refractivity contribution in [2.24, 2.45) is 0 Å². The van der Waals surface area contributed by atoms with E-state index in [9.17, 15) is 9.59 Å². The van der Waals surface area contributed by atoms with E-state index >= 15 is 0 Å². The van der Waals surface area contributed by atoms with Crippen LogP contribution in [0.4, 0.5) is 11.4 Å². The van der Waals surface area contributed by atoms with Crippen LogP contribution in [0.5, 0.6) is 5.75 Å². The van der Waals surface area contributed by atoms with Gasteiger partial charge in [0.1, 0.15) is 11.4 Å². The SMILES string of the molecule is CCCOc1ccccc1N1C(=O)C(c2ccc(Cl)cc2)=C(N2CCc3ccccc32)C1=O. The van der Waals surface area contributed by atoms with Gasteiger partial charge in [0.15, 0.2) is 0 Å². The van der Waals surface area contributed by atoms with Crippen molar-refractivity contribution < 1.29 is 14.3 Å². The zero-order valence-corrected chi connectivity index (χ0v) is 19.0. The molecule has 0 atom stereocenters. The number of anilines is 2. The fraction of sp³-hybridized carbons (Fsp3) is 0.185. The number of halogens is 1. The number of ether oxygens (including phenoxy) is 1. The summed E-state index contributed by atoms with van der Waals surface area (Å²) in [6.07, 6.45) is 1.63. The molecule has 0 saturated carbocycles. The minimum Gasteiger partial charge on any atom is -0.491 e. The Balaban J connectivity index is 1.65. The quantitative estimate of drug-likeness (QED) is 0.459. The van der Waals surface area contributed by atoms with Gasteiger partial charge in [-0.05, 0) is 54.3 Å². The highest BCUT2D eigenvalue weighted by Gasteiger charge is 2.44. The van der Waals surface area contributed by atoms with Crippen molar-refractivity contribution >= 4 is 40.4 Å². The molecule has 6 heteroatoms. The molecule has 5 nitrogen and oxygen atoms in total. The van der Waals surface area contributed by atoms with Gasteiger partial charge in [-0.3, -0.25) is 9.59 Å². The number of benzene rings is 3. The van der Waals surface area contributed by atoms with Crippen LogP contribution in [0.1, 0.15) is 24.5 Å². The number of carbonyl (C=O) groups excluding carboxylic acids is 2. The molecule has 0 saturated heterocycles. The summed E-state index contributed by atoms with van der Waals surface area (Å²) >= 11 is 6.10. The van der Waals surface area contributed by atoms with E-state index in [1.54, 1.807) is 42.5 Å². The van der Waals surface area contributed by atoms with Crippen LogP contribution in [-0.2, 0) is 16.0 Å². The molecule has 0 N–H and O–H groups in total. The van der Waals surface area contributed by atoms with E-state index in [4.69, 9.17) is 16.3 Å². The number of fused-ring (bicyclic) bond motifs is 1. The van der Waals surface area contributed by atoms with Crippen molar-refractivity contribution in [3.05, 3.63) is 94.6 Å². The third-order valence-electron chi connectivity index (χ3n) is 5.92. The summed E-state index contributed by atoms with van der Waals surface area (Å²) in [6, 6.07) is 22.2. The van der Waals surface area contributed by atoms with Crippen LogP contribution >= 0.6 is 11.6 Å². The fourth-order valence-corrected chi connectivity index (χ4v) is 4.54. The van der Waals surface area contributed by atoms with E-state index in [-0.39, 0.29) is 11.8 Å². The molecule has 3 aromatic carbocycles. The molecular formula is C27H23ClN2O3. The number of hydrogen-bond donors (Lipinski definition) is 0. The molecule has 2 aliphatic rings. The van der Waals surface area contributed by atoms with Gasteiger partial charge in [0.2, 0.25) is 0 Å². The van der Waals surface area contributed by atoms with E-state index in [1.807, 2.05) is 36.1 Å². The van der Waals surface area contributed by atoms with Crippen LogP contribution in [0.15, 0.2) is 78.5 Å². The first kappa shape index (κ1) is 21.3. The Kier molecular flexibility index (Phi) is 5.65. The summed E-state index contributed by atoms with van der Waals surface area (Å²) in [5.41, 5.74) is 3.99. The van der Waals surface area contributed by atoms with Crippen LogP contribution in [0.2, 0.25) is 5.02 Å². The van der Waals surface area contributed by atoms with Crippen molar-refractivity contribution in [2.45, 2.75) is 19.8 Å². The van der Waals surface area contributed by atoms with Crippen LogP contribution in [-0.4, -0.2) is 25.0 Å². The number of nitrogens with zero attached hydrogens (tertiary/aromatic N) is 2. The Hall–Kier alpha value is -3.57. The van der Waals surface area contributed by atoms with Gasteiger partial charge in [0.25, 0.3) is 11.8 Å². The molecule has 2 heterocycles. The normalized spacial score (nSPS) is 15.5. The summed E-state index contributed by atoms with van der Waals surface area (Å²) in [4.78, 5) is 31.0. The highest BCUT2D eigenvalue weighted by Crippen LogP contribution is 2.42. The molecule has 5 rings (SSSR count). The second-order valence-electron chi connectivity index (χ2n) is 8.02. The van der Waals surface area contributed by atoms with Crippen LogP contribution in [0, 0.1) is 0 Å². The van der Waals surface area contributed by atoms with Crippen molar-refractivity contribution in [3.8, 4) is 5.75 Å². The topological polar surface area (TPSA) is 49.9 Å². The summed E-state index contributed by atoms with van der Waals surface area (Å²) in [6.45, 7) is 3.14. The molecule has 33 heavy (non-hydrogen) atoms. The Morgan fingerprint density at radius 2 is 1.58 bits per heavy atom. The van der Waals surface area contributed by atoms with Gasteiger partial charge in [0, 0.05) is 17.3 Å². The Morgan fingerprint density at radius 1 is 0.879 bits per heavy atom. The maximum atomic E-state index is 13.9. The van der Waals surface area contributed by atoms with Crippen LogP contribution in [0.3, 0.4) is 0 Å².